The molecule has 0 aromatic heterocycles. The fraction of sp³-hybridized carbons (Fsp3) is 0.286. The average Bonchev–Trinajstić information content (AvgIpc) is 2.73. The molecule has 166 valence electrons. The smallest absolute Gasteiger partial charge is 0.328 e. The van der Waals surface area contributed by atoms with Gasteiger partial charge in [-0.15, -0.1) is 0 Å². The van der Waals surface area contributed by atoms with Crippen LogP contribution in [0.2, 0.25) is 0 Å². The second-order valence-electron chi connectivity index (χ2n) is 7.02. The van der Waals surface area contributed by atoms with Gasteiger partial charge in [-0.2, -0.15) is 0 Å². The number of aliphatic carboxylic acids is 1. The highest BCUT2D eigenvalue weighted by molar-refractivity contribution is 5.88. The van der Waals surface area contributed by atoms with Gasteiger partial charge in [0.2, 0.25) is 11.8 Å². The zero-order chi connectivity index (χ0) is 23.0. The molecule has 10 heteroatoms. The van der Waals surface area contributed by atoms with Crippen LogP contribution in [0.25, 0.3) is 0 Å². The summed E-state index contributed by atoms with van der Waals surface area (Å²) in [7, 11) is 0. The number of carbonyl (C=O) groups is 3. The zero-order valence-corrected chi connectivity index (χ0v) is 16.6. The molecule has 7 N–H and O–H groups in total. The van der Waals surface area contributed by atoms with Gasteiger partial charge in [-0.3, -0.25) is 9.59 Å². The number of benzene rings is 2. The minimum atomic E-state index is -1.42. The van der Waals surface area contributed by atoms with Crippen LogP contribution in [-0.2, 0) is 27.2 Å². The Balaban J connectivity index is 1.86. The SMILES string of the molecule is N[C@@H](Cc1ccc(F)cc1)C(=O)NC[C@H](NC(=O)[C@@H](N)Cc1ccc(F)cc1)C(=O)O. The lowest BCUT2D eigenvalue weighted by Crippen LogP contribution is -2.54. The predicted molar refractivity (Wildman–Crippen MR) is 109 cm³/mol. The van der Waals surface area contributed by atoms with Crippen molar-refractivity contribution in [1.29, 1.82) is 0 Å². The predicted octanol–water partition coefficient (Wildman–Crippen LogP) is 0.0902. The van der Waals surface area contributed by atoms with Gasteiger partial charge in [0.05, 0.1) is 12.1 Å². The highest BCUT2D eigenvalue weighted by Crippen LogP contribution is 2.06. The molecule has 2 rings (SSSR count). The molecule has 0 saturated carbocycles. The number of hydrogen-bond acceptors (Lipinski definition) is 5. The van der Waals surface area contributed by atoms with Crippen LogP contribution >= 0.6 is 0 Å². The van der Waals surface area contributed by atoms with E-state index in [1.54, 1.807) is 0 Å². The molecular weight excluding hydrogens is 410 g/mol. The van der Waals surface area contributed by atoms with Crippen LogP contribution in [0.4, 0.5) is 8.78 Å². The molecule has 0 heterocycles. The first-order valence-corrected chi connectivity index (χ1v) is 9.46. The molecule has 3 atom stereocenters. The fourth-order valence-corrected chi connectivity index (χ4v) is 2.75. The Morgan fingerprint density at radius 3 is 1.65 bits per heavy atom. The molecular formula is C21H24F2N4O4. The molecule has 0 unspecified atom stereocenters. The van der Waals surface area contributed by atoms with Gasteiger partial charge >= 0.3 is 5.97 Å². The van der Waals surface area contributed by atoms with E-state index < -0.39 is 54.1 Å². The molecule has 8 nitrogen and oxygen atoms in total. The van der Waals surface area contributed by atoms with Gasteiger partial charge in [-0.25, -0.2) is 13.6 Å². The molecule has 2 aromatic carbocycles. The molecule has 2 amide bonds. The lowest BCUT2D eigenvalue weighted by molar-refractivity contribution is -0.142. The van der Waals surface area contributed by atoms with E-state index in [-0.39, 0.29) is 12.8 Å². The Morgan fingerprint density at radius 2 is 1.23 bits per heavy atom. The van der Waals surface area contributed by atoms with Crippen LogP contribution in [-0.4, -0.2) is 47.6 Å². The second kappa shape index (κ2) is 11.1. The number of amides is 2. The number of hydrogen-bond donors (Lipinski definition) is 5. The van der Waals surface area contributed by atoms with Crippen LogP contribution in [0.5, 0.6) is 0 Å². The third kappa shape index (κ3) is 7.76. The maximum atomic E-state index is 13.0. The van der Waals surface area contributed by atoms with E-state index in [0.717, 1.165) is 0 Å². The third-order valence-corrected chi connectivity index (χ3v) is 4.51. The van der Waals surface area contributed by atoms with Crippen LogP contribution in [0, 0.1) is 11.6 Å². The Bertz CT molecular complexity index is 907. The first-order chi connectivity index (χ1) is 14.7. The van der Waals surface area contributed by atoms with Gasteiger partial charge in [0.25, 0.3) is 0 Å². The number of carbonyl (C=O) groups excluding carboxylic acids is 2. The van der Waals surface area contributed by atoms with Crippen molar-refractivity contribution in [3.05, 3.63) is 71.3 Å². The van der Waals surface area contributed by atoms with Crippen molar-refractivity contribution < 1.29 is 28.3 Å². The van der Waals surface area contributed by atoms with E-state index in [9.17, 15) is 28.3 Å². The van der Waals surface area contributed by atoms with Gasteiger partial charge in [0.1, 0.15) is 17.7 Å². The van der Waals surface area contributed by atoms with Crippen molar-refractivity contribution in [2.75, 3.05) is 6.54 Å². The summed E-state index contributed by atoms with van der Waals surface area (Å²) < 4.78 is 25.9. The Hall–Kier alpha value is -3.37. The number of nitrogens with two attached hydrogens (primary N) is 2. The molecule has 0 spiro atoms. The number of nitrogens with one attached hydrogen (secondary N) is 2. The van der Waals surface area contributed by atoms with E-state index in [1.807, 2.05) is 0 Å². The second-order valence-corrected chi connectivity index (χ2v) is 7.02. The van der Waals surface area contributed by atoms with Crippen LogP contribution in [0.1, 0.15) is 11.1 Å². The maximum absolute atomic E-state index is 13.0. The van der Waals surface area contributed by atoms with Crippen molar-refractivity contribution >= 4 is 17.8 Å². The van der Waals surface area contributed by atoms with Crippen LogP contribution < -0.4 is 22.1 Å². The Labute approximate surface area is 177 Å². The summed E-state index contributed by atoms with van der Waals surface area (Å²) in [6.07, 6.45) is 0.201. The molecule has 0 aliphatic heterocycles. The molecule has 0 bridgehead atoms. The first-order valence-electron chi connectivity index (χ1n) is 9.46. The Morgan fingerprint density at radius 1 is 0.806 bits per heavy atom. The normalized spacial score (nSPS) is 13.7. The van der Waals surface area contributed by atoms with Crippen LogP contribution in [0.3, 0.4) is 0 Å². The lowest BCUT2D eigenvalue weighted by atomic mass is 10.1. The van der Waals surface area contributed by atoms with Crippen molar-refractivity contribution in [3.63, 3.8) is 0 Å². The molecule has 0 fully saturated rings. The molecule has 31 heavy (non-hydrogen) atoms. The molecule has 2 aromatic rings. The van der Waals surface area contributed by atoms with E-state index in [2.05, 4.69) is 10.6 Å². The highest BCUT2D eigenvalue weighted by Gasteiger charge is 2.25. The van der Waals surface area contributed by atoms with Gasteiger partial charge in [-0.05, 0) is 48.2 Å². The lowest BCUT2D eigenvalue weighted by Gasteiger charge is -2.19. The standard InChI is InChI=1S/C21H24F2N4O4/c22-14-5-1-12(2-6-14)9-16(24)19(28)26-11-18(21(30)31)27-20(29)17(25)10-13-3-7-15(23)8-4-13/h1-8,16-18H,9-11,24-25H2,(H,26,28)(H,27,29)(H,30,31)/t16-,17-,18-/m0/s1. The van der Waals surface area contributed by atoms with E-state index in [4.69, 9.17) is 11.5 Å². The maximum Gasteiger partial charge on any atom is 0.328 e. The van der Waals surface area contributed by atoms with Gasteiger partial charge in [0, 0.05) is 6.54 Å². The number of carboxylic acid groups (broad SMARTS) is 1. The summed E-state index contributed by atoms with van der Waals surface area (Å²) in [6, 6.07) is 7.39. The molecule has 0 saturated heterocycles. The van der Waals surface area contributed by atoms with Crippen LogP contribution in [0.15, 0.2) is 48.5 Å². The molecule has 0 aliphatic carbocycles. The zero-order valence-electron chi connectivity index (χ0n) is 16.6. The minimum Gasteiger partial charge on any atom is -0.480 e. The summed E-state index contributed by atoms with van der Waals surface area (Å²) in [5.41, 5.74) is 12.9. The monoisotopic (exact) mass is 434 g/mol. The largest absolute Gasteiger partial charge is 0.480 e. The van der Waals surface area contributed by atoms with Gasteiger partial charge < -0.3 is 27.2 Å². The Kier molecular flexibility index (Phi) is 8.59. The first kappa shape index (κ1) is 23.9. The third-order valence-electron chi connectivity index (χ3n) is 4.51. The highest BCUT2D eigenvalue weighted by atomic mass is 19.1. The van der Waals surface area contributed by atoms with E-state index >= 15 is 0 Å². The summed E-state index contributed by atoms with van der Waals surface area (Å²) in [6.45, 7) is -0.402. The van der Waals surface area contributed by atoms with E-state index in [1.165, 1.54) is 48.5 Å². The van der Waals surface area contributed by atoms with Crippen molar-refractivity contribution in [3.8, 4) is 0 Å². The summed E-state index contributed by atoms with van der Waals surface area (Å²) >= 11 is 0. The fourth-order valence-electron chi connectivity index (χ4n) is 2.75. The van der Waals surface area contributed by atoms with Crippen molar-refractivity contribution in [1.82, 2.24) is 10.6 Å². The van der Waals surface area contributed by atoms with Gasteiger partial charge in [-0.1, -0.05) is 24.3 Å². The van der Waals surface area contributed by atoms with Crippen molar-refractivity contribution in [2.45, 2.75) is 31.0 Å². The number of carboxylic acids is 1. The van der Waals surface area contributed by atoms with Crippen molar-refractivity contribution in [2.24, 2.45) is 11.5 Å². The summed E-state index contributed by atoms with van der Waals surface area (Å²) in [4.78, 5) is 35.8. The van der Waals surface area contributed by atoms with E-state index in [0.29, 0.717) is 11.1 Å². The molecule has 0 radical (unpaired) electrons. The summed E-state index contributed by atoms with van der Waals surface area (Å²) in [5.74, 6) is -3.57. The quantitative estimate of drug-likeness (QED) is 0.358. The topological polar surface area (TPSA) is 148 Å². The average molecular weight is 434 g/mol. The number of rotatable bonds is 10. The minimum absolute atomic E-state index is 0.0767. The molecule has 0 aliphatic rings. The van der Waals surface area contributed by atoms with Gasteiger partial charge in [0.15, 0.2) is 0 Å². The number of halogens is 2. The summed E-state index contributed by atoms with van der Waals surface area (Å²) in [5, 5.41) is 14.0.